The van der Waals surface area contributed by atoms with Crippen LogP contribution >= 0.6 is 35.1 Å². The molecule has 6 nitrogen and oxygen atoms in total. The fraction of sp³-hybridized carbons (Fsp3) is 0.176. The Bertz CT molecular complexity index is 915. The second-order valence-corrected chi connectivity index (χ2v) is 7.33. The van der Waals surface area contributed by atoms with E-state index in [1.807, 2.05) is 18.2 Å². The highest BCUT2D eigenvalue weighted by Crippen LogP contribution is 2.22. The van der Waals surface area contributed by atoms with Crippen LogP contribution in [0.4, 0.5) is 5.69 Å². The second-order valence-electron chi connectivity index (χ2n) is 5.20. The Labute approximate surface area is 163 Å². The number of thioether (sulfide) groups is 1. The predicted molar refractivity (Wildman–Crippen MR) is 104 cm³/mol. The van der Waals surface area contributed by atoms with Gasteiger partial charge in [0, 0.05) is 15.7 Å². The van der Waals surface area contributed by atoms with Crippen LogP contribution in [-0.4, -0.2) is 33.0 Å². The van der Waals surface area contributed by atoms with Gasteiger partial charge in [0.25, 0.3) is 5.91 Å². The van der Waals surface area contributed by atoms with Crippen LogP contribution in [0.3, 0.4) is 0 Å². The maximum atomic E-state index is 12.0. The minimum Gasteiger partial charge on any atom is -0.456 e. The molecule has 0 spiro atoms. The fourth-order valence-corrected chi connectivity index (χ4v) is 3.60. The molecule has 0 saturated carbocycles. The molecule has 0 atom stereocenters. The third kappa shape index (κ3) is 5.17. The second kappa shape index (κ2) is 8.98. The molecule has 0 radical (unpaired) electrons. The summed E-state index contributed by atoms with van der Waals surface area (Å²) in [7, 11) is 0. The van der Waals surface area contributed by atoms with Gasteiger partial charge < -0.3 is 10.1 Å². The summed E-state index contributed by atoms with van der Waals surface area (Å²) in [5.41, 5.74) is 1.89. The lowest BCUT2D eigenvalue weighted by Gasteiger charge is -2.07. The molecular formula is C17H14ClN3O3S2. The van der Waals surface area contributed by atoms with Crippen molar-refractivity contribution < 1.29 is 14.3 Å². The molecular weight excluding hydrogens is 394 g/mol. The number of aromatic nitrogens is 2. The molecule has 1 aromatic heterocycles. The van der Waals surface area contributed by atoms with Crippen LogP contribution in [0.2, 0.25) is 5.02 Å². The van der Waals surface area contributed by atoms with Crippen molar-refractivity contribution in [2.75, 3.05) is 17.7 Å². The first-order chi connectivity index (χ1) is 12.6. The summed E-state index contributed by atoms with van der Waals surface area (Å²) >= 11 is 8.42. The highest BCUT2D eigenvalue weighted by Gasteiger charge is 2.11. The zero-order valence-electron chi connectivity index (χ0n) is 13.5. The molecule has 0 saturated heterocycles. The maximum absolute atomic E-state index is 12.0. The van der Waals surface area contributed by atoms with Gasteiger partial charge in [-0.15, -0.1) is 11.8 Å². The average molecular weight is 408 g/mol. The number of benzene rings is 2. The summed E-state index contributed by atoms with van der Waals surface area (Å²) < 4.78 is 13.3. The monoisotopic (exact) mass is 407 g/mol. The van der Waals surface area contributed by atoms with Crippen LogP contribution in [0, 0.1) is 0 Å². The van der Waals surface area contributed by atoms with Gasteiger partial charge in [-0.2, -0.15) is 8.75 Å². The molecule has 1 N–H and O–H groups in total. The van der Waals surface area contributed by atoms with Crippen molar-refractivity contribution in [1.82, 2.24) is 8.75 Å². The van der Waals surface area contributed by atoms with Crippen LogP contribution in [-0.2, 0) is 14.3 Å². The summed E-state index contributed by atoms with van der Waals surface area (Å²) in [6.45, 7) is -0.335. The Balaban J connectivity index is 1.40. The molecule has 3 aromatic rings. The van der Waals surface area contributed by atoms with E-state index in [0.717, 1.165) is 16.6 Å². The van der Waals surface area contributed by atoms with Gasteiger partial charge >= 0.3 is 5.97 Å². The first-order valence-electron chi connectivity index (χ1n) is 7.67. The van der Waals surface area contributed by atoms with E-state index in [0.29, 0.717) is 27.5 Å². The summed E-state index contributed by atoms with van der Waals surface area (Å²) in [4.78, 5) is 24.7. The molecule has 0 aliphatic rings. The topological polar surface area (TPSA) is 81.2 Å². The minimum atomic E-state index is -0.421. The van der Waals surface area contributed by atoms with Gasteiger partial charge in [0.15, 0.2) is 6.61 Å². The molecule has 0 aliphatic heterocycles. The number of fused-ring (bicyclic) bond motifs is 1. The van der Waals surface area contributed by atoms with Crippen LogP contribution in [0.1, 0.15) is 6.42 Å². The highest BCUT2D eigenvalue weighted by molar-refractivity contribution is 7.99. The summed E-state index contributed by atoms with van der Waals surface area (Å²) in [6, 6.07) is 12.7. The van der Waals surface area contributed by atoms with Crippen molar-refractivity contribution in [3.8, 4) is 0 Å². The number of esters is 1. The van der Waals surface area contributed by atoms with Gasteiger partial charge in [-0.25, -0.2) is 0 Å². The van der Waals surface area contributed by atoms with E-state index in [-0.39, 0.29) is 13.0 Å². The largest absolute Gasteiger partial charge is 0.456 e. The van der Waals surface area contributed by atoms with Crippen LogP contribution in [0.25, 0.3) is 11.0 Å². The van der Waals surface area contributed by atoms with Crippen molar-refractivity contribution >= 4 is 63.7 Å². The number of rotatable bonds is 7. The normalized spacial score (nSPS) is 10.7. The number of hydrogen-bond acceptors (Lipinski definition) is 7. The van der Waals surface area contributed by atoms with E-state index < -0.39 is 11.9 Å². The average Bonchev–Trinajstić information content (AvgIpc) is 3.11. The van der Waals surface area contributed by atoms with Crippen molar-refractivity contribution in [3.63, 3.8) is 0 Å². The quantitative estimate of drug-likeness (QED) is 0.470. The number of carbonyl (C=O) groups is 2. The molecule has 9 heteroatoms. The predicted octanol–water partition coefficient (Wildman–Crippen LogP) is 4.01. The molecule has 1 heterocycles. The number of hydrogen-bond donors (Lipinski definition) is 1. The molecule has 1 amide bonds. The van der Waals surface area contributed by atoms with Crippen molar-refractivity contribution in [1.29, 1.82) is 0 Å². The Morgan fingerprint density at radius 2 is 1.96 bits per heavy atom. The van der Waals surface area contributed by atoms with E-state index in [1.54, 1.807) is 24.3 Å². The fourth-order valence-electron chi connectivity index (χ4n) is 2.09. The first-order valence-corrected chi connectivity index (χ1v) is 9.76. The first kappa shape index (κ1) is 18.6. The standard InChI is InChI=1S/C17H14ClN3O3S2/c18-11-4-6-12(7-5-11)25-9-8-16(23)24-10-15(22)19-13-2-1-3-14-17(13)21-26-20-14/h1-7H,8-10H2,(H,19,22). The lowest BCUT2D eigenvalue weighted by atomic mass is 10.2. The number of anilines is 1. The Morgan fingerprint density at radius 3 is 2.77 bits per heavy atom. The Morgan fingerprint density at radius 1 is 1.15 bits per heavy atom. The van der Waals surface area contributed by atoms with E-state index >= 15 is 0 Å². The van der Waals surface area contributed by atoms with Gasteiger partial charge in [0.05, 0.1) is 23.8 Å². The third-order valence-electron chi connectivity index (χ3n) is 3.31. The number of carbonyl (C=O) groups excluding carboxylic acids is 2. The zero-order valence-corrected chi connectivity index (χ0v) is 15.9. The van der Waals surface area contributed by atoms with Crippen molar-refractivity contribution in [2.24, 2.45) is 0 Å². The van der Waals surface area contributed by atoms with Gasteiger partial charge in [-0.3, -0.25) is 9.59 Å². The van der Waals surface area contributed by atoms with Gasteiger partial charge in [-0.1, -0.05) is 17.7 Å². The third-order valence-corrected chi connectivity index (χ3v) is 5.12. The minimum absolute atomic E-state index is 0.214. The van der Waals surface area contributed by atoms with Gasteiger partial charge in [0.1, 0.15) is 11.0 Å². The molecule has 0 bridgehead atoms. The number of halogens is 1. The molecule has 2 aromatic carbocycles. The van der Waals surface area contributed by atoms with Crippen LogP contribution in [0.5, 0.6) is 0 Å². The van der Waals surface area contributed by atoms with E-state index in [4.69, 9.17) is 16.3 Å². The Hall–Kier alpha value is -2.16. The summed E-state index contributed by atoms with van der Waals surface area (Å²) in [5, 5.41) is 3.35. The molecule has 26 heavy (non-hydrogen) atoms. The summed E-state index contributed by atoms with van der Waals surface area (Å²) in [6.07, 6.45) is 0.214. The number of amides is 1. The molecule has 3 rings (SSSR count). The summed E-state index contributed by atoms with van der Waals surface area (Å²) in [5.74, 6) is -0.273. The van der Waals surface area contributed by atoms with E-state index in [9.17, 15) is 9.59 Å². The molecule has 0 fully saturated rings. The van der Waals surface area contributed by atoms with Gasteiger partial charge in [-0.05, 0) is 36.4 Å². The zero-order chi connectivity index (χ0) is 18.4. The lowest BCUT2D eigenvalue weighted by Crippen LogP contribution is -2.21. The molecule has 0 aliphatic carbocycles. The number of nitrogens with one attached hydrogen (secondary N) is 1. The van der Waals surface area contributed by atoms with Gasteiger partial charge in [0.2, 0.25) is 0 Å². The maximum Gasteiger partial charge on any atom is 0.307 e. The van der Waals surface area contributed by atoms with E-state index in [2.05, 4.69) is 14.1 Å². The number of nitrogens with zero attached hydrogens (tertiary/aromatic N) is 2. The highest BCUT2D eigenvalue weighted by atomic mass is 35.5. The van der Waals surface area contributed by atoms with Crippen molar-refractivity contribution in [2.45, 2.75) is 11.3 Å². The van der Waals surface area contributed by atoms with Crippen LogP contribution in [0.15, 0.2) is 47.4 Å². The van der Waals surface area contributed by atoms with E-state index in [1.165, 1.54) is 11.8 Å². The van der Waals surface area contributed by atoms with Crippen molar-refractivity contribution in [3.05, 3.63) is 47.5 Å². The SMILES string of the molecule is O=C(COC(=O)CCSc1ccc(Cl)cc1)Nc1cccc2nsnc12. The lowest BCUT2D eigenvalue weighted by molar-refractivity contribution is -0.146. The smallest absolute Gasteiger partial charge is 0.307 e. The molecule has 134 valence electrons. The number of ether oxygens (including phenoxy) is 1. The molecule has 0 unspecified atom stereocenters. The Kier molecular flexibility index (Phi) is 6.43. The van der Waals surface area contributed by atoms with Crippen LogP contribution < -0.4 is 5.32 Å².